The fourth-order valence-corrected chi connectivity index (χ4v) is 2.85. The number of nitrogens with one attached hydrogen (secondary N) is 2. The van der Waals surface area contributed by atoms with E-state index < -0.39 is 0 Å². The molecule has 8 nitrogen and oxygen atoms in total. The van der Waals surface area contributed by atoms with Gasteiger partial charge in [0.1, 0.15) is 45.9 Å². The molecule has 0 unspecified atom stereocenters. The Morgan fingerprint density at radius 1 is 0.458 bits per heavy atom. The highest BCUT2D eigenvalue weighted by Gasteiger charge is 2.10. The zero-order chi connectivity index (χ0) is 15.9. The zero-order valence-electron chi connectivity index (χ0n) is 12.8. The van der Waals surface area contributed by atoms with Crippen molar-refractivity contribution < 1.29 is 0 Å². The Balaban J connectivity index is 1.82. The molecule has 2 aliphatic rings. The maximum absolute atomic E-state index is 4.54. The van der Waals surface area contributed by atoms with Gasteiger partial charge in [0, 0.05) is 25.7 Å². The molecule has 0 saturated heterocycles. The van der Waals surface area contributed by atoms with Crippen molar-refractivity contribution in [3.63, 3.8) is 0 Å². The summed E-state index contributed by atoms with van der Waals surface area (Å²) in [5.74, 6) is 3.11. The lowest BCUT2D eigenvalue weighted by Crippen LogP contribution is -1.85. The number of hydrogen-bond acceptors (Lipinski definition) is 6. The minimum Gasteiger partial charge on any atom is -0.325 e. The highest BCUT2D eigenvalue weighted by molar-refractivity contribution is 5.51. The topological polar surface area (TPSA) is 109 Å². The van der Waals surface area contributed by atoms with Crippen LogP contribution < -0.4 is 0 Å². The molecular weight excluding hydrogens is 304 g/mol. The molecular formula is C16H14N8. The lowest BCUT2D eigenvalue weighted by Gasteiger charge is -1.84. The molecule has 0 saturated carbocycles. The minimum atomic E-state index is 0.746. The molecule has 0 atom stereocenters. The van der Waals surface area contributed by atoms with Gasteiger partial charge in [0.05, 0.1) is 0 Å². The van der Waals surface area contributed by atoms with Crippen molar-refractivity contribution in [2.45, 2.75) is 25.7 Å². The van der Waals surface area contributed by atoms with Crippen molar-refractivity contribution in [3.8, 4) is 0 Å². The Labute approximate surface area is 136 Å². The zero-order valence-corrected chi connectivity index (χ0v) is 12.8. The predicted molar refractivity (Wildman–Crippen MR) is 87.0 cm³/mol. The summed E-state index contributed by atoms with van der Waals surface area (Å²) in [5, 5.41) is 0. The second-order valence-electron chi connectivity index (χ2n) is 5.79. The maximum Gasteiger partial charge on any atom is 0.133 e. The number of rotatable bonds is 0. The van der Waals surface area contributed by atoms with Crippen LogP contribution in [0, 0.1) is 0 Å². The SMILES string of the molecule is c1cc2nc3nc(nc4ccc(nc5nc(nc1[nH]2)CC5)[nH]4)CC3. The average Bonchev–Trinajstić information content (AvgIpc) is 3.32. The van der Waals surface area contributed by atoms with Gasteiger partial charge in [0.25, 0.3) is 0 Å². The van der Waals surface area contributed by atoms with Crippen LogP contribution in [-0.4, -0.2) is 39.9 Å². The normalized spacial score (nSPS) is 14.0. The van der Waals surface area contributed by atoms with E-state index in [0.29, 0.717) is 0 Å². The summed E-state index contributed by atoms with van der Waals surface area (Å²) < 4.78 is 0. The molecule has 0 fully saturated rings. The third-order valence-electron chi connectivity index (χ3n) is 3.97. The fraction of sp³-hybridized carbons (Fsp3) is 0.250. The number of aryl methyl sites for hydroxylation is 4. The molecule has 8 heteroatoms. The van der Waals surface area contributed by atoms with E-state index in [9.17, 15) is 0 Å². The Hall–Kier alpha value is -3.16. The van der Waals surface area contributed by atoms with E-state index in [4.69, 9.17) is 0 Å². The van der Waals surface area contributed by atoms with E-state index in [1.54, 1.807) is 0 Å². The number of nitrogens with zero attached hydrogens (tertiary/aromatic N) is 6. The second kappa shape index (κ2) is 5.19. The summed E-state index contributed by atoms with van der Waals surface area (Å²) in [6.07, 6.45) is 3.14. The van der Waals surface area contributed by atoms with Crippen molar-refractivity contribution in [3.05, 3.63) is 47.6 Å². The summed E-state index contributed by atoms with van der Waals surface area (Å²) in [5.41, 5.74) is 2.98. The van der Waals surface area contributed by atoms with E-state index in [2.05, 4.69) is 39.9 Å². The van der Waals surface area contributed by atoms with Gasteiger partial charge in [-0.2, -0.15) is 0 Å². The van der Waals surface area contributed by atoms with E-state index in [1.807, 2.05) is 24.3 Å². The molecule has 2 N–H and O–H groups in total. The Kier molecular flexibility index (Phi) is 2.87. The van der Waals surface area contributed by atoms with Crippen molar-refractivity contribution in [2.24, 2.45) is 0 Å². The van der Waals surface area contributed by atoms with Gasteiger partial charge in [0.15, 0.2) is 0 Å². The van der Waals surface area contributed by atoms with Crippen LogP contribution in [0.4, 0.5) is 0 Å². The van der Waals surface area contributed by atoms with Crippen LogP contribution in [0.5, 0.6) is 0 Å². The van der Waals surface area contributed by atoms with Crippen LogP contribution in [0.1, 0.15) is 23.3 Å². The smallest absolute Gasteiger partial charge is 0.133 e. The minimum absolute atomic E-state index is 0.746. The molecule has 24 heavy (non-hydrogen) atoms. The summed E-state index contributed by atoms with van der Waals surface area (Å²) in [4.78, 5) is 33.5. The average molecular weight is 318 g/mol. The lowest BCUT2D eigenvalue weighted by atomic mass is 10.3. The van der Waals surface area contributed by atoms with Gasteiger partial charge in [-0.05, 0) is 24.3 Å². The highest BCUT2D eigenvalue weighted by Crippen LogP contribution is 2.10. The number of H-pyrrole nitrogens is 2. The van der Waals surface area contributed by atoms with Crippen LogP contribution >= 0.6 is 0 Å². The molecule has 118 valence electrons. The largest absolute Gasteiger partial charge is 0.325 e. The van der Waals surface area contributed by atoms with Gasteiger partial charge < -0.3 is 9.97 Å². The number of hydrogen-bond donors (Lipinski definition) is 2. The van der Waals surface area contributed by atoms with Gasteiger partial charge in [-0.25, -0.2) is 29.9 Å². The van der Waals surface area contributed by atoms with Crippen LogP contribution in [-0.2, 0) is 25.7 Å². The third kappa shape index (κ3) is 2.51. The molecule has 5 rings (SSSR count). The number of aromatic amines is 2. The fourth-order valence-electron chi connectivity index (χ4n) is 2.85. The maximum atomic E-state index is 4.54. The molecule has 0 aromatic carbocycles. The predicted octanol–water partition coefficient (Wildman–Crippen LogP) is 1.47. The lowest BCUT2D eigenvalue weighted by molar-refractivity contribution is 0.949. The van der Waals surface area contributed by atoms with Gasteiger partial charge in [-0.15, -0.1) is 0 Å². The quantitative estimate of drug-likeness (QED) is 0.649. The van der Waals surface area contributed by atoms with E-state index >= 15 is 0 Å². The van der Waals surface area contributed by atoms with Gasteiger partial charge in [0.2, 0.25) is 0 Å². The van der Waals surface area contributed by atoms with Crippen LogP contribution in [0.3, 0.4) is 0 Å². The summed E-state index contributed by atoms with van der Waals surface area (Å²) >= 11 is 0. The second-order valence-corrected chi connectivity index (χ2v) is 5.79. The monoisotopic (exact) mass is 318 g/mol. The van der Waals surface area contributed by atoms with Gasteiger partial charge >= 0.3 is 0 Å². The first-order valence-corrected chi connectivity index (χ1v) is 7.92. The third-order valence-corrected chi connectivity index (χ3v) is 3.97. The molecule has 5 heterocycles. The Bertz CT molecular complexity index is 913. The van der Waals surface area contributed by atoms with Crippen molar-refractivity contribution in [1.82, 2.24) is 39.9 Å². The van der Waals surface area contributed by atoms with Crippen molar-refractivity contribution in [2.75, 3.05) is 0 Å². The number of fused-ring (bicyclic) bond motifs is 8. The van der Waals surface area contributed by atoms with Crippen LogP contribution in [0.15, 0.2) is 24.3 Å². The first-order valence-electron chi connectivity index (χ1n) is 7.92. The van der Waals surface area contributed by atoms with Gasteiger partial charge in [-0.1, -0.05) is 0 Å². The first-order chi connectivity index (χ1) is 11.8. The van der Waals surface area contributed by atoms with E-state index in [-0.39, 0.29) is 0 Å². The first kappa shape index (κ1) is 13.3. The Morgan fingerprint density at radius 3 is 1.04 bits per heavy atom. The molecule has 8 bridgehead atoms. The summed E-state index contributed by atoms with van der Waals surface area (Å²) in [7, 11) is 0. The summed E-state index contributed by atoms with van der Waals surface area (Å²) in [6, 6.07) is 7.60. The molecule has 0 radical (unpaired) electrons. The molecule has 0 aliphatic carbocycles. The molecule has 2 aliphatic heterocycles. The van der Waals surface area contributed by atoms with Crippen molar-refractivity contribution in [1.29, 1.82) is 0 Å². The van der Waals surface area contributed by atoms with E-state index in [1.165, 1.54) is 0 Å². The standard InChI is InChI=1S/C16H14N8/c1-2-10-17-9(1)21-11-3-4-13(18-11)23-15-7-8-16(20-15)24-14-6-5-12(19-14)22-10/h1-2,7-8H,3-6H2,(H2,17,18,19,20,21,22,23,24). The molecule has 3 aromatic heterocycles. The van der Waals surface area contributed by atoms with Gasteiger partial charge in [-0.3, -0.25) is 0 Å². The number of aromatic nitrogens is 8. The van der Waals surface area contributed by atoms with Crippen LogP contribution in [0.25, 0.3) is 22.6 Å². The molecule has 0 amide bonds. The highest BCUT2D eigenvalue weighted by atomic mass is 15.0. The molecule has 0 spiro atoms. The summed E-state index contributed by atoms with van der Waals surface area (Å²) in [6.45, 7) is 0. The Morgan fingerprint density at radius 2 is 0.750 bits per heavy atom. The van der Waals surface area contributed by atoms with Crippen LogP contribution in [0.2, 0.25) is 0 Å². The van der Waals surface area contributed by atoms with E-state index in [0.717, 1.165) is 71.6 Å². The molecule has 3 aromatic rings. The van der Waals surface area contributed by atoms with Crippen molar-refractivity contribution >= 4 is 22.6 Å².